The first-order chi connectivity index (χ1) is 9.51. The van der Waals surface area contributed by atoms with E-state index in [2.05, 4.69) is 15.5 Å². The Balaban J connectivity index is 2.90. The van der Waals surface area contributed by atoms with E-state index in [1.807, 2.05) is 6.92 Å². The van der Waals surface area contributed by atoms with Crippen LogP contribution in [0.15, 0.2) is 9.90 Å². The highest BCUT2D eigenvalue weighted by atomic mass is 32.1. The maximum atomic E-state index is 11.7. The number of H-pyrrole nitrogens is 1. The monoisotopic (exact) mass is 298 g/mol. The van der Waals surface area contributed by atoms with Crippen molar-refractivity contribution in [3.63, 3.8) is 0 Å². The first kappa shape index (κ1) is 16.1. The number of aromatic hydroxyl groups is 1. The van der Waals surface area contributed by atoms with E-state index in [1.165, 1.54) is 4.57 Å². The number of carbonyl (C=O) groups excluding carboxylic acids is 1. The molecule has 20 heavy (non-hydrogen) atoms. The fourth-order valence-corrected chi connectivity index (χ4v) is 1.86. The summed E-state index contributed by atoms with van der Waals surface area (Å²) in [6.45, 7) is 4.17. The lowest BCUT2D eigenvalue weighted by molar-refractivity contribution is -0.121. The van der Waals surface area contributed by atoms with Gasteiger partial charge >= 0.3 is 0 Å². The van der Waals surface area contributed by atoms with Crippen molar-refractivity contribution in [1.29, 1.82) is 0 Å². The van der Waals surface area contributed by atoms with Crippen molar-refractivity contribution in [2.45, 2.75) is 39.7 Å². The summed E-state index contributed by atoms with van der Waals surface area (Å²) in [5.74, 6) is -0.505. The van der Waals surface area contributed by atoms with E-state index in [-0.39, 0.29) is 22.1 Å². The molecule has 0 saturated heterocycles. The Labute approximate surface area is 121 Å². The van der Waals surface area contributed by atoms with Crippen LogP contribution in [-0.4, -0.2) is 26.8 Å². The van der Waals surface area contributed by atoms with Crippen molar-refractivity contribution in [2.24, 2.45) is 5.10 Å². The molecule has 0 saturated carbocycles. The number of aromatic nitrogens is 2. The number of rotatable bonds is 6. The summed E-state index contributed by atoms with van der Waals surface area (Å²) >= 11 is 4.92. The lowest BCUT2D eigenvalue weighted by Gasteiger charge is -2.07. The molecule has 0 unspecified atom stereocenters. The van der Waals surface area contributed by atoms with Gasteiger partial charge in [-0.25, -0.2) is 5.43 Å². The Bertz CT molecular complexity index is 618. The van der Waals surface area contributed by atoms with Gasteiger partial charge in [0.25, 0.3) is 5.56 Å². The van der Waals surface area contributed by atoms with Gasteiger partial charge < -0.3 is 5.11 Å². The number of carbonyl (C=O) groups is 1. The summed E-state index contributed by atoms with van der Waals surface area (Å²) < 4.78 is 1.50. The van der Waals surface area contributed by atoms with Gasteiger partial charge in [-0.2, -0.15) is 5.10 Å². The van der Waals surface area contributed by atoms with Crippen molar-refractivity contribution in [3.8, 4) is 5.88 Å². The number of aromatic amines is 1. The second-order valence-corrected chi connectivity index (χ2v) is 4.52. The standard InChI is InChI=1S/C12H18N4O3S/c1-3-5-6-9(17)15-13-7-8-10(18)14-12(20)16(4-2)11(8)19/h7,19H,3-6H2,1-2H3,(H,15,17)(H,14,18,20)/b13-7+. The van der Waals surface area contributed by atoms with Crippen LogP contribution in [0, 0.1) is 4.77 Å². The predicted molar refractivity (Wildman–Crippen MR) is 78.5 cm³/mol. The van der Waals surface area contributed by atoms with Crippen molar-refractivity contribution in [1.82, 2.24) is 15.0 Å². The first-order valence-electron chi connectivity index (χ1n) is 6.39. The molecule has 3 N–H and O–H groups in total. The fourth-order valence-electron chi connectivity index (χ4n) is 1.55. The molecule has 0 aromatic carbocycles. The molecule has 110 valence electrons. The number of nitrogens with zero attached hydrogens (tertiary/aromatic N) is 2. The molecule has 0 spiro atoms. The number of nitrogens with one attached hydrogen (secondary N) is 2. The minimum Gasteiger partial charge on any atom is -0.494 e. The van der Waals surface area contributed by atoms with Gasteiger partial charge in [-0.05, 0) is 25.6 Å². The maximum absolute atomic E-state index is 11.7. The molecular weight excluding hydrogens is 280 g/mol. The number of amides is 1. The average Bonchev–Trinajstić information content (AvgIpc) is 2.40. The van der Waals surface area contributed by atoms with Crippen molar-refractivity contribution in [3.05, 3.63) is 20.7 Å². The highest BCUT2D eigenvalue weighted by Gasteiger charge is 2.09. The van der Waals surface area contributed by atoms with Crippen LogP contribution in [0.25, 0.3) is 0 Å². The number of unbranched alkanes of at least 4 members (excludes halogenated alkanes) is 1. The van der Waals surface area contributed by atoms with Gasteiger partial charge in [0, 0.05) is 13.0 Å². The smallest absolute Gasteiger partial charge is 0.264 e. The van der Waals surface area contributed by atoms with E-state index in [0.29, 0.717) is 13.0 Å². The zero-order valence-corrected chi connectivity index (χ0v) is 12.3. The Hall–Kier alpha value is -1.96. The molecule has 1 amide bonds. The van der Waals surface area contributed by atoms with Crippen LogP contribution >= 0.6 is 12.2 Å². The predicted octanol–water partition coefficient (Wildman–Crippen LogP) is 1.27. The second kappa shape index (κ2) is 7.59. The van der Waals surface area contributed by atoms with E-state index in [9.17, 15) is 14.7 Å². The molecule has 1 aromatic heterocycles. The van der Waals surface area contributed by atoms with Crippen LogP contribution in [0.2, 0.25) is 0 Å². The zero-order valence-electron chi connectivity index (χ0n) is 11.5. The summed E-state index contributed by atoms with van der Waals surface area (Å²) in [6, 6.07) is 0. The van der Waals surface area contributed by atoms with E-state index >= 15 is 0 Å². The molecular formula is C12H18N4O3S. The van der Waals surface area contributed by atoms with E-state index < -0.39 is 5.56 Å². The molecule has 0 atom stereocenters. The zero-order chi connectivity index (χ0) is 15.1. The van der Waals surface area contributed by atoms with Gasteiger partial charge in [-0.1, -0.05) is 13.3 Å². The van der Waals surface area contributed by atoms with Gasteiger partial charge in [-0.3, -0.25) is 19.1 Å². The number of hydrogen-bond donors (Lipinski definition) is 3. The van der Waals surface area contributed by atoms with Crippen LogP contribution < -0.4 is 11.0 Å². The van der Waals surface area contributed by atoms with E-state index in [0.717, 1.165) is 19.1 Å². The highest BCUT2D eigenvalue weighted by Crippen LogP contribution is 2.10. The van der Waals surface area contributed by atoms with Gasteiger partial charge in [0.2, 0.25) is 11.8 Å². The van der Waals surface area contributed by atoms with Crippen LogP contribution in [0.3, 0.4) is 0 Å². The van der Waals surface area contributed by atoms with Gasteiger partial charge in [0.1, 0.15) is 5.56 Å². The number of hydrogen-bond acceptors (Lipinski definition) is 5. The van der Waals surface area contributed by atoms with Crippen molar-refractivity contribution >= 4 is 24.3 Å². The van der Waals surface area contributed by atoms with Crippen LogP contribution in [0.5, 0.6) is 5.88 Å². The van der Waals surface area contributed by atoms with Crippen LogP contribution in [-0.2, 0) is 11.3 Å². The van der Waals surface area contributed by atoms with E-state index in [1.54, 1.807) is 6.92 Å². The maximum Gasteiger partial charge on any atom is 0.264 e. The lowest BCUT2D eigenvalue weighted by Crippen LogP contribution is -2.21. The number of hydrazone groups is 1. The Morgan fingerprint density at radius 3 is 2.85 bits per heavy atom. The third-order valence-electron chi connectivity index (χ3n) is 2.66. The third-order valence-corrected chi connectivity index (χ3v) is 2.99. The first-order valence-corrected chi connectivity index (χ1v) is 6.80. The Kier molecular flexibility index (Phi) is 6.10. The second-order valence-electron chi connectivity index (χ2n) is 4.14. The summed E-state index contributed by atoms with van der Waals surface area (Å²) in [6.07, 6.45) is 3.16. The fraction of sp³-hybridized carbons (Fsp3) is 0.500. The Morgan fingerprint density at radius 2 is 2.25 bits per heavy atom. The Morgan fingerprint density at radius 1 is 1.55 bits per heavy atom. The minimum atomic E-state index is -0.552. The molecule has 0 aliphatic carbocycles. The molecule has 1 heterocycles. The molecule has 0 bridgehead atoms. The molecule has 0 aliphatic rings. The molecule has 0 aliphatic heterocycles. The molecule has 1 rings (SSSR count). The molecule has 8 heteroatoms. The summed E-state index contributed by atoms with van der Waals surface area (Å²) in [7, 11) is 0. The molecule has 1 aromatic rings. The molecule has 0 radical (unpaired) electrons. The van der Waals surface area contributed by atoms with Gasteiger partial charge in [0.05, 0.1) is 6.21 Å². The topological polar surface area (TPSA) is 99.5 Å². The van der Waals surface area contributed by atoms with Crippen molar-refractivity contribution < 1.29 is 9.90 Å². The molecule has 0 fully saturated rings. The largest absolute Gasteiger partial charge is 0.494 e. The van der Waals surface area contributed by atoms with E-state index in [4.69, 9.17) is 12.2 Å². The normalized spacial score (nSPS) is 10.9. The van der Waals surface area contributed by atoms with Crippen LogP contribution in [0.1, 0.15) is 38.7 Å². The van der Waals surface area contributed by atoms with Crippen molar-refractivity contribution in [2.75, 3.05) is 0 Å². The van der Waals surface area contributed by atoms with Gasteiger partial charge in [-0.15, -0.1) is 0 Å². The average molecular weight is 298 g/mol. The van der Waals surface area contributed by atoms with Gasteiger partial charge in [0.15, 0.2) is 4.77 Å². The van der Waals surface area contributed by atoms with Crippen LogP contribution in [0.4, 0.5) is 0 Å². The highest BCUT2D eigenvalue weighted by molar-refractivity contribution is 7.71. The SMILES string of the molecule is CCCCC(=O)N/N=C/c1c(O)n(CC)c(=S)[nH]c1=O. The summed E-state index contributed by atoms with van der Waals surface area (Å²) in [5, 5.41) is 13.6. The third kappa shape index (κ3) is 4.02. The quantitative estimate of drug-likeness (QED) is 0.418. The molecule has 7 nitrogen and oxygen atoms in total. The summed E-state index contributed by atoms with van der Waals surface area (Å²) in [4.78, 5) is 25.5. The minimum absolute atomic E-state index is 0.0451. The summed E-state index contributed by atoms with van der Waals surface area (Å²) in [5.41, 5.74) is 1.71. The lowest BCUT2D eigenvalue weighted by atomic mass is 10.2.